The number of nitrogen functional groups attached to an aromatic ring is 1. The summed E-state index contributed by atoms with van der Waals surface area (Å²) in [6.07, 6.45) is 0. The van der Waals surface area contributed by atoms with E-state index in [0.29, 0.717) is 12.2 Å². The third kappa shape index (κ3) is 1.45. The fourth-order valence-corrected chi connectivity index (χ4v) is 1.16. The minimum Gasteiger partial charge on any atom is -0.303 e. The van der Waals surface area contributed by atoms with Crippen LogP contribution in [0.15, 0.2) is 0 Å². The molecule has 0 saturated heterocycles. The Morgan fingerprint density at radius 2 is 2.38 bits per heavy atom. The molecule has 0 bridgehead atoms. The SMILES string of the molecule is CCn1nc(C)c([N+](=O)[O-])c1NN. The maximum atomic E-state index is 10.6. The molecule has 7 heteroatoms. The first-order valence-corrected chi connectivity index (χ1v) is 3.80. The molecule has 1 aromatic heterocycles. The van der Waals surface area contributed by atoms with Gasteiger partial charge in [-0.25, -0.2) is 10.5 Å². The van der Waals surface area contributed by atoms with E-state index >= 15 is 0 Å². The van der Waals surface area contributed by atoms with Gasteiger partial charge in [0.05, 0.1) is 4.92 Å². The quantitative estimate of drug-likeness (QED) is 0.403. The van der Waals surface area contributed by atoms with Crippen LogP contribution in [0.1, 0.15) is 12.6 Å². The maximum absolute atomic E-state index is 10.6. The molecule has 0 fully saturated rings. The average molecular weight is 185 g/mol. The molecule has 0 aliphatic rings. The molecule has 0 unspecified atom stereocenters. The van der Waals surface area contributed by atoms with Crippen LogP contribution in [0, 0.1) is 17.0 Å². The van der Waals surface area contributed by atoms with E-state index in [0.717, 1.165) is 0 Å². The Morgan fingerprint density at radius 3 is 2.77 bits per heavy atom. The fourth-order valence-electron chi connectivity index (χ4n) is 1.16. The molecule has 0 radical (unpaired) electrons. The van der Waals surface area contributed by atoms with Crippen molar-refractivity contribution in [2.45, 2.75) is 20.4 Å². The monoisotopic (exact) mass is 185 g/mol. The molecule has 1 rings (SSSR count). The van der Waals surface area contributed by atoms with Gasteiger partial charge in [0.15, 0.2) is 0 Å². The van der Waals surface area contributed by atoms with Gasteiger partial charge in [0.1, 0.15) is 5.69 Å². The summed E-state index contributed by atoms with van der Waals surface area (Å²) in [4.78, 5) is 10.1. The smallest absolute Gasteiger partial charge is 0.303 e. The zero-order valence-corrected chi connectivity index (χ0v) is 7.44. The normalized spacial score (nSPS) is 10.1. The van der Waals surface area contributed by atoms with Gasteiger partial charge in [-0.05, 0) is 13.8 Å². The first-order valence-electron chi connectivity index (χ1n) is 3.80. The number of hydrogen-bond donors (Lipinski definition) is 2. The molecule has 0 atom stereocenters. The van der Waals surface area contributed by atoms with E-state index in [1.54, 1.807) is 6.92 Å². The summed E-state index contributed by atoms with van der Waals surface area (Å²) in [6, 6.07) is 0. The van der Waals surface area contributed by atoms with Gasteiger partial charge in [0.25, 0.3) is 0 Å². The standard InChI is InChI=1S/C6H11N5O2/c1-3-10-6(8-7)5(11(12)13)4(2)9-10/h8H,3,7H2,1-2H3. The predicted molar refractivity (Wildman–Crippen MR) is 47.1 cm³/mol. The van der Waals surface area contributed by atoms with Crippen molar-refractivity contribution in [1.82, 2.24) is 9.78 Å². The molecule has 1 aromatic rings. The molecule has 0 aliphatic heterocycles. The highest BCUT2D eigenvalue weighted by Gasteiger charge is 2.23. The second-order valence-electron chi connectivity index (χ2n) is 2.50. The van der Waals surface area contributed by atoms with Crippen molar-refractivity contribution in [2.75, 3.05) is 5.43 Å². The van der Waals surface area contributed by atoms with Crippen molar-refractivity contribution in [2.24, 2.45) is 5.84 Å². The van der Waals surface area contributed by atoms with Crippen LogP contribution in [0.3, 0.4) is 0 Å². The number of anilines is 1. The predicted octanol–water partition coefficient (Wildman–Crippen LogP) is 0.405. The average Bonchev–Trinajstić information content (AvgIpc) is 2.41. The Morgan fingerprint density at radius 1 is 1.77 bits per heavy atom. The van der Waals surface area contributed by atoms with Crippen molar-refractivity contribution in [3.8, 4) is 0 Å². The number of nitro groups is 1. The van der Waals surface area contributed by atoms with Crippen LogP contribution in [0.5, 0.6) is 0 Å². The number of hydrazine groups is 1. The molecule has 7 nitrogen and oxygen atoms in total. The van der Waals surface area contributed by atoms with E-state index in [9.17, 15) is 10.1 Å². The van der Waals surface area contributed by atoms with Gasteiger partial charge in [-0.3, -0.25) is 10.1 Å². The van der Waals surface area contributed by atoms with Gasteiger partial charge in [-0.2, -0.15) is 5.10 Å². The number of hydrogen-bond acceptors (Lipinski definition) is 5. The molecule has 0 aliphatic carbocycles. The number of rotatable bonds is 3. The Hall–Kier alpha value is -1.63. The Kier molecular flexibility index (Phi) is 2.47. The minimum absolute atomic E-state index is 0.0654. The highest BCUT2D eigenvalue weighted by atomic mass is 16.6. The van der Waals surface area contributed by atoms with Gasteiger partial charge >= 0.3 is 5.69 Å². The number of nitrogens with zero attached hydrogens (tertiary/aromatic N) is 3. The second-order valence-corrected chi connectivity index (χ2v) is 2.50. The maximum Gasteiger partial charge on any atom is 0.335 e. The molecule has 3 N–H and O–H groups in total. The summed E-state index contributed by atoms with van der Waals surface area (Å²) in [6.45, 7) is 3.94. The number of aryl methyl sites for hydroxylation is 2. The summed E-state index contributed by atoms with van der Waals surface area (Å²) in [5, 5.41) is 14.5. The van der Waals surface area contributed by atoms with E-state index in [4.69, 9.17) is 5.84 Å². The van der Waals surface area contributed by atoms with Crippen molar-refractivity contribution in [3.05, 3.63) is 15.8 Å². The van der Waals surface area contributed by atoms with Gasteiger partial charge < -0.3 is 5.43 Å². The van der Waals surface area contributed by atoms with Gasteiger partial charge in [-0.1, -0.05) is 0 Å². The summed E-state index contributed by atoms with van der Waals surface area (Å²) in [5.74, 6) is 5.40. The number of nitrogens with two attached hydrogens (primary N) is 1. The van der Waals surface area contributed by atoms with E-state index in [2.05, 4.69) is 10.5 Å². The fraction of sp³-hybridized carbons (Fsp3) is 0.500. The minimum atomic E-state index is -0.496. The van der Waals surface area contributed by atoms with Crippen molar-refractivity contribution in [1.29, 1.82) is 0 Å². The number of nitrogens with one attached hydrogen (secondary N) is 1. The van der Waals surface area contributed by atoms with E-state index in [1.807, 2.05) is 6.92 Å². The summed E-state index contributed by atoms with van der Waals surface area (Å²) < 4.78 is 1.45. The molecular formula is C6H11N5O2. The van der Waals surface area contributed by atoms with E-state index < -0.39 is 4.92 Å². The lowest BCUT2D eigenvalue weighted by atomic mass is 10.4. The third-order valence-electron chi connectivity index (χ3n) is 1.71. The van der Waals surface area contributed by atoms with Gasteiger partial charge in [0, 0.05) is 6.54 Å². The first kappa shape index (κ1) is 9.46. The van der Waals surface area contributed by atoms with Crippen LogP contribution in [0.2, 0.25) is 0 Å². The molecule has 0 amide bonds. The highest BCUT2D eigenvalue weighted by molar-refractivity contribution is 5.58. The van der Waals surface area contributed by atoms with Crippen LogP contribution in [-0.4, -0.2) is 14.7 Å². The summed E-state index contributed by atoms with van der Waals surface area (Å²) in [7, 11) is 0. The largest absolute Gasteiger partial charge is 0.335 e. The van der Waals surface area contributed by atoms with Crippen LogP contribution >= 0.6 is 0 Å². The first-order chi connectivity index (χ1) is 6.11. The van der Waals surface area contributed by atoms with Crippen molar-refractivity contribution in [3.63, 3.8) is 0 Å². The molecular weight excluding hydrogens is 174 g/mol. The Bertz CT molecular complexity index is 332. The zero-order valence-electron chi connectivity index (χ0n) is 7.44. The second kappa shape index (κ2) is 3.40. The molecule has 13 heavy (non-hydrogen) atoms. The van der Waals surface area contributed by atoms with Crippen molar-refractivity contribution < 1.29 is 4.92 Å². The molecule has 1 heterocycles. The zero-order chi connectivity index (χ0) is 10.0. The topological polar surface area (TPSA) is 99.0 Å². The number of aromatic nitrogens is 2. The third-order valence-corrected chi connectivity index (χ3v) is 1.71. The van der Waals surface area contributed by atoms with E-state index in [1.165, 1.54) is 4.68 Å². The van der Waals surface area contributed by atoms with Crippen LogP contribution < -0.4 is 11.3 Å². The highest BCUT2D eigenvalue weighted by Crippen LogP contribution is 2.26. The lowest BCUT2D eigenvalue weighted by molar-refractivity contribution is -0.384. The molecule has 72 valence electrons. The summed E-state index contributed by atoms with van der Waals surface area (Å²) >= 11 is 0. The van der Waals surface area contributed by atoms with Crippen molar-refractivity contribution >= 4 is 11.5 Å². The Labute approximate surface area is 74.6 Å². The van der Waals surface area contributed by atoms with E-state index in [-0.39, 0.29) is 11.5 Å². The lowest BCUT2D eigenvalue weighted by Crippen LogP contribution is -2.13. The van der Waals surface area contributed by atoms with Gasteiger partial charge in [-0.15, -0.1) is 0 Å². The Balaban J connectivity index is 3.31. The van der Waals surface area contributed by atoms with Crippen LogP contribution in [0.25, 0.3) is 0 Å². The lowest BCUT2D eigenvalue weighted by Gasteiger charge is -2.00. The van der Waals surface area contributed by atoms with Gasteiger partial charge in [0.2, 0.25) is 5.82 Å². The van der Waals surface area contributed by atoms with Crippen LogP contribution in [-0.2, 0) is 6.54 Å². The summed E-state index contributed by atoms with van der Waals surface area (Å²) in [5.41, 5.74) is 2.57. The molecule has 0 saturated carbocycles. The van der Waals surface area contributed by atoms with Crippen LogP contribution in [0.4, 0.5) is 11.5 Å². The molecule has 0 spiro atoms. The molecule has 0 aromatic carbocycles.